The zero-order chi connectivity index (χ0) is 15.0. The summed E-state index contributed by atoms with van der Waals surface area (Å²) in [7, 11) is 0. The fourth-order valence-electron chi connectivity index (χ4n) is 2.09. The van der Waals surface area contributed by atoms with Gasteiger partial charge in [-0.25, -0.2) is 9.37 Å². The van der Waals surface area contributed by atoms with Crippen LogP contribution < -0.4 is 5.56 Å². The molecular formula is C15H9BrFIN2O. The van der Waals surface area contributed by atoms with Crippen LogP contribution in [-0.4, -0.2) is 9.55 Å². The van der Waals surface area contributed by atoms with E-state index in [1.807, 2.05) is 18.2 Å². The third-order valence-electron chi connectivity index (χ3n) is 3.13. The highest BCUT2D eigenvalue weighted by Crippen LogP contribution is 2.19. The number of hydrogen-bond donors (Lipinski definition) is 0. The van der Waals surface area contributed by atoms with Crippen LogP contribution in [0.3, 0.4) is 0 Å². The van der Waals surface area contributed by atoms with Crippen LogP contribution in [-0.2, 0) is 6.54 Å². The van der Waals surface area contributed by atoms with E-state index < -0.39 is 0 Å². The lowest BCUT2D eigenvalue weighted by molar-refractivity contribution is 0.622. The Morgan fingerprint density at radius 2 is 2.05 bits per heavy atom. The summed E-state index contributed by atoms with van der Waals surface area (Å²) < 4.78 is 16.6. The van der Waals surface area contributed by atoms with Crippen LogP contribution in [0.1, 0.15) is 5.56 Å². The van der Waals surface area contributed by atoms with Crippen molar-refractivity contribution in [3.05, 3.63) is 72.5 Å². The molecule has 21 heavy (non-hydrogen) atoms. The molecule has 0 aliphatic rings. The molecule has 106 valence electrons. The molecule has 0 radical (unpaired) electrons. The first-order chi connectivity index (χ1) is 10.0. The van der Waals surface area contributed by atoms with Crippen molar-refractivity contribution in [1.29, 1.82) is 0 Å². The molecule has 0 aliphatic carbocycles. The standard InChI is InChI=1S/C15H9BrFIN2O/c16-13-3-1-10(17)5-9(13)7-20-8-19-14-4-2-11(18)6-12(14)15(20)21/h1-6,8H,7H2. The van der Waals surface area contributed by atoms with Gasteiger partial charge in [0.25, 0.3) is 5.56 Å². The summed E-state index contributed by atoms with van der Waals surface area (Å²) in [4.78, 5) is 16.8. The van der Waals surface area contributed by atoms with Crippen LogP contribution >= 0.6 is 38.5 Å². The van der Waals surface area contributed by atoms with E-state index in [1.54, 1.807) is 6.07 Å². The molecule has 0 bridgehead atoms. The Morgan fingerprint density at radius 1 is 1.24 bits per heavy atom. The van der Waals surface area contributed by atoms with E-state index in [0.717, 1.165) is 8.04 Å². The molecule has 0 N–H and O–H groups in total. The molecule has 6 heteroatoms. The molecule has 0 fully saturated rings. The molecule has 0 aliphatic heterocycles. The molecule has 0 unspecified atom stereocenters. The predicted octanol–water partition coefficient (Wildman–Crippen LogP) is 3.95. The fourth-order valence-corrected chi connectivity index (χ4v) is 2.96. The van der Waals surface area contributed by atoms with Crippen LogP contribution in [0.5, 0.6) is 0 Å². The molecule has 1 aromatic heterocycles. The Bertz CT molecular complexity index is 894. The van der Waals surface area contributed by atoms with Gasteiger partial charge in [-0.05, 0) is 64.6 Å². The smallest absolute Gasteiger partial charge is 0.261 e. The predicted molar refractivity (Wildman–Crippen MR) is 91.9 cm³/mol. The minimum atomic E-state index is -0.329. The highest BCUT2D eigenvalue weighted by atomic mass is 127. The SMILES string of the molecule is O=c1c2cc(I)ccc2ncn1Cc1cc(F)ccc1Br. The molecule has 0 amide bonds. The molecule has 0 spiro atoms. The highest BCUT2D eigenvalue weighted by molar-refractivity contribution is 14.1. The van der Waals surface area contributed by atoms with Crippen LogP contribution in [0.4, 0.5) is 4.39 Å². The van der Waals surface area contributed by atoms with Crippen molar-refractivity contribution < 1.29 is 4.39 Å². The maximum Gasteiger partial charge on any atom is 0.261 e. The van der Waals surface area contributed by atoms with Gasteiger partial charge in [0.05, 0.1) is 23.8 Å². The largest absolute Gasteiger partial charge is 0.294 e. The highest BCUT2D eigenvalue weighted by Gasteiger charge is 2.08. The first kappa shape index (κ1) is 14.6. The summed E-state index contributed by atoms with van der Waals surface area (Å²) in [6.07, 6.45) is 1.49. The third-order valence-corrected chi connectivity index (χ3v) is 4.58. The van der Waals surface area contributed by atoms with Crippen molar-refractivity contribution in [3.8, 4) is 0 Å². The fraction of sp³-hybridized carbons (Fsp3) is 0.0667. The maximum absolute atomic E-state index is 13.3. The number of halogens is 3. The van der Waals surface area contributed by atoms with Gasteiger partial charge in [0.2, 0.25) is 0 Å². The molecule has 3 nitrogen and oxygen atoms in total. The Hall–Kier alpha value is -1.28. The lowest BCUT2D eigenvalue weighted by Gasteiger charge is -2.09. The molecule has 0 saturated carbocycles. The molecule has 0 atom stereocenters. The number of nitrogens with zero attached hydrogens (tertiary/aromatic N) is 2. The minimum Gasteiger partial charge on any atom is -0.294 e. The lowest BCUT2D eigenvalue weighted by Crippen LogP contribution is -2.21. The van der Waals surface area contributed by atoms with Crippen LogP contribution in [0.25, 0.3) is 10.9 Å². The molecule has 1 heterocycles. The van der Waals surface area contributed by atoms with Gasteiger partial charge < -0.3 is 0 Å². The maximum atomic E-state index is 13.3. The summed E-state index contributed by atoms with van der Waals surface area (Å²) >= 11 is 5.53. The van der Waals surface area contributed by atoms with Crippen LogP contribution in [0, 0.1) is 9.39 Å². The van der Waals surface area contributed by atoms with Crippen molar-refractivity contribution in [2.75, 3.05) is 0 Å². The monoisotopic (exact) mass is 458 g/mol. The van der Waals surface area contributed by atoms with Crippen LogP contribution in [0.2, 0.25) is 0 Å². The van der Waals surface area contributed by atoms with E-state index in [4.69, 9.17) is 0 Å². The molecule has 3 rings (SSSR count). The van der Waals surface area contributed by atoms with Gasteiger partial charge in [0, 0.05) is 8.04 Å². The Morgan fingerprint density at radius 3 is 2.86 bits per heavy atom. The summed E-state index contributed by atoms with van der Waals surface area (Å²) in [5.41, 5.74) is 1.23. The van der Waals surface area contributed by atoms with Crippen LogP contribution in [0.15, 0.2) is 52.0 Å². The zero-order valence-electron chi connectivity index (χ0n) is 10.7. The van der Waals surface area contributed by atoms with Gasteiger partial charge in [0.15, 0.2) is 0 Å². The van der Waals surface area contributed by atoms with E-state index in [0.29, 0.717) is 16.5 Å². The van der Waals surface area contributed by atoms with Crippen molar-refractivity contribution in [3.63, 3.8) is 0 Å². The first-order valence-corrected chi connectivity index (χ1v) is 8.00. The second kappa shape index (κ2) is 5.84. The van der Waals surface area contributed by atoms with E-state index in [9.17, 15) is 9.18 Å². The van der Waals surface area contributed by atoms with E-state index in [1.165, 1.54) is 23.0 Å². The third kappa shape index (κ3) is 3.01. The number of hydrogen-bond acceptors (Lipinski definition) is 2. The first-order valence-electron chi connectivity index (χ1n) is 6.13. The van der Waals surface area contributed by atoms with E-state index >= 15 is 0 Å². The van der Waals surface area contributed by atoms with Crippen molar-refractivity contribution in [2.24, 2.45) is 0 Å². The number of aromatic nitrogens is 2. The summed E-state index contributed by atoms with van der Waals surface area (Å²) in [6.45, 7) is 0.269. The molecule has 3 aromatic rings. The van der Waals surface area contributed by atoms with Crippen molar-refractivity contribution >= 4 is 49.4 Å². The van der Waals surface area contributed by atoms with Gasteiger partial charge >= 0.3 is 0 Å². The zero-order valence-corrected chi connectivity index (χ0v) is 14.4. The molecule has 0 saturated heterocycles. The number of rotatable bonds is 2. The summed E-state index contributed by atoms with van der Waals surface area (Å²) in [6, 6.07) is 9.95. The quantitative estimate of drug-likeness (QED) is 0.545. The Balaban J connectivity index is 2.11. The normalized spacial score (nSPS) is 11.0. The number of benzene rings is 2. The van der Waals surface area contributed by atoms with Gasteiger partial charge in [-0.1, -0.05) is 15.9 Å². The lowest BCUT2D eigenvalue weighted by atomic mass is 10.2. The Labute approximate surface area is 142 Å². The minimum absolute atomic E-state index is 0.130. The average Bonchev–Trinajstić information content (AvgIpc) is 2.46. The topological polar surface area (TPSA) is 34.9 Å². The molecular weight excluding hydrogens is 450 g/mol. The van der Waals surface area contributed by atoms with E-state index in [-0.39, 0.29) is 17.9 Å². The number of fused-ring (bicyclic) bond motifs is 1. The van der Waals surface area contributed by atoms with Gasteiger partial charge in [-0.15, -0.1) is 0 Å². The molecule has 2 aromatic carbocycles. The second-order valence-corrected chi connectivity index (χ2v) is 6.67. The van der Waals surface area contributed by atoms with E-state index in [2.05, 4.69) is 43.5 Å². The van der Waals surface area contributed by atoms with Crippen molar-refractivity contribution in [2.45, 2.75) is 6.54 Å². The second-order valence-electron chi connectivity index (χ2n) is 4.57. The van der Waals surface area contributed by atoms with Crippen molar-refractivity contribution in [1.82, 2.24) is 9.55 Å². The van der Waals surface area contributed by atoms with Gasteiger partial charge in [-0.2, -0.15) is 0 Å². The van der Waals surface area contributed by atoms with Gasteiger partial charge in [0.1, 0.15) is 5.82 Å². The van der Waals surface area contributed by atoms with Gasteiger partial charge in [-0.3, -0.25) is 9.36 Å². The average molecular weight is 459 g/mol. The summed E-state index contributed by atoms with van der Waals surface area (Å²) in [5.74, 6) is -0.329. The Kier molecular flexibility index (Phi) is 4.08. The summed E-state index contributed by atoms with van der Waals surface area (Å²) in [5, 5.41) is 0.567.